The molecule has 23 heavy (non-hydrogen) atoms. The van der Waals surface area contributed by atoms with E-state index in [1.54, 1.807) is 6.20 Å². The molecule has 1 aromatic carbocycles. The number of anilines is 2. The average molecular weight is 333 g/mol. The van der Waals surface area contributed by atoms with Gasteiger partial charge in [-0.2, -0.15) is 10.1 Å². The fourth-order valence-electron chi connectivity index (χ4n) is 2.57. The monoisotopic (exact) mass is 333 g/mol. The van der Waals surface area contributed by atoms with Crippen molar-refractivity contribution < 1.29 is 8.42 Å². The van der Waals surface area contributed by atoms with Crippen LogP contribution in [-0.2, 0) is 16.4 Å². The summed E-state index contributed by atoms with van der Waals surface area (Å²) in [6, 6.07) is 9.93. The highest BCUT2D eigenvalue weighted by molar-refractivity contribution is 7.91. The molecule has 1 aliphatic heterocycles. The smallest absolute Gasteiger partial charge is 0.244 e. The van der Waals surface area contributed by atoms with Crippen molar-refractivity contribution in [2.24, 2.45) is 0 Å². The van der Waals surface area contributed by atoms with E-state index >= 15 is 0 Å². The molecule has 8 heteroatoms. The van der Waals surface area contributed by atoms with Gasteiger partial charge in [0.05, 0.1) is 17.7 Å². The lowest BCUT2D eigenvalue weighted by Crippen LogP contribution is -2.24. The fraction of sp³-hybridized carbons (Fsp3) is 0.400. The maximum atomic E-state index is 11.5. The van der Waals surface area contributed by atoms with Crippen molar-refractivity contribution >= 4 is 21.6 Å². The summed E-state index contributed by atoms with van der Waals surface area (Å²) in [5, 5.41) is 11.0. The molecular weight excluding hydrogens is 314 g/mol. The summed E-state index contributed by atoms with van der Waals surface area (Å²) in [7, 11) is -1.00. The molecule has 2 heterocycles. The molecule has 1 aromatic heterocycles. The van der Waals surface area contributed by atoms with Gasteiger partial charge in [-0.05, 0) is 12.0 Å². The lowest BCUT2D eigenvalue weighted by molar-refractivity contribution is 0.602. The topological polar surface area (TPSA) is 88.1 Å². The molecule has 0 aliphatic carbocycles. The Morgan fingerprint density at radius 1 is 1.30 bits per heavy atom. The van der Waals surface area contributed by atoms with Crippen LogP contribution in [-0.4, -0.2) is 48.2 Å². The van der Waals surface area contributed by atoms with Crippen LogP contribution in [0.3, 0.4) is 0 Å². The molecule has 1 N–H and O–H groups in total. The van der Waals surface area contributed by atoms with Crippen LogP contribution in [0, 0.1) is 0 Å². The van der Waals surface area contributed by atoms with Gasteiger partial charge in [-0.15, -0.1) is 5.10 Å². The molecule has 7 nitrogen and oxygen atoms in total. The molecule has 122 valence electrons. The molecule has 0 amide bonds. The van der Waals surface area contributed by atoms with Crippen LogP contribution in [0.5, 0.6) is 0 Å². The molecule has 1 fully saturated rings. The van der Waals surface area contributed by atoms with Crippen molar-refractivity contribution in [3.05, 3.63) is 42.1 Å². The van der Waals surface area contributed by atoms with Crippen LogP contribution in [0.4, 0.5) is 11.8 Å². The molecule has 1 atom stereocenters. The van der Waals surface area contributed by atoms with Crippen LogP contribution >= 0.6 is 0 Å². The van der Waals surface area contributed by atoms with Gasteiger partial charge in [-0.1, -0.05) is 30.3 Å². The lowest BCUT2D eigenvalue weighted by Gasteiger charge is -2.18. The van der Waals surface area contributed by atoms with E-state index in [4.69, 9.17) is 0 Å². The van der Waals surface area contributed by atoms with Crippen LogP contribution in [0.1, 0.15) is 12.0 Å². The molecule has 0 radical (unpaired) electrons. The van der Waals surface area contributed by atoms with Crippen molar-refractivity contribution in [3.63, 3.8) is 0 Å². The van der Waals surface area contributed by atoms with E-state index in [9.17, 15) is 8.42 Å². The van der Waals surface area contributed by atoms with Crippen LogP contribution in [0.15, 0.2) is 36.5 Å². The number of sulfone groups is 1. The zero-order valence-corrected chi connectivity index (χ0v) is 13.7. The molecule has 0 saturated carbocycles. The second-order valence-electron chi connectivity index (χ2n) is 5.72. The molecule has 1 unspecified atom stereocenters. The van der Waals surface area contributed by atoms with Gasteiger partial charge in [-0.25, -0.2) is 8.42 Å². The molecule has 2 aromatic rings. The zero-order chi connectivity index (χ0) is 16.3. The number of hydrogen-bond acceptors (Lipinski definition) is 7. The minimum absolute atomic E-state index is 0.125. The van der Waals surface area contributed by atoms with E-state index in [1.807, 2.05) is 42.3 Å². The number of rotatable bonds is 5. The van der Waals surface area contributed by atoms with Crippen LogP contribution in [0.2, 0.25) is 0 Å². The average Bonchev–Trinajstić information content (AvgIpc) is 2.87. The molecule has 0 spiro atoms. The second kappa shape index (κ2) is 6.49. The summed E-state index contributed by atoms with van der Waals surface area (Å²) < 4.78 is 23.0. The molecular formula is C15H19N5O2S. The Kier molecular flexibility index (Phi) is 4.42. The minimum Gasteiger partial charge on any atom is -0.354 e. The first-order valence-electron chi connectivity index (χ1n) is 7.43. The Labute approximate surface area is 135 Å². The highest BCUT2D eigenvalue weighted by Crippen LogP contribution is 2.17. The quantitative estimate of drug-likeness (QED) is 0.876. The third kappa shape index (κ3) is 4.16. The van der Waals surface area contributed by atoms with Gasteiger partial charge in [0.1, 0.15) is 0 Å². The van der Waals surface area contributed by atoms with E-state index < -0.39 is 9.84 Å². The molecule has 3 rings (SSSR count). The fourth-order valence-corrected chi connectivity index (χ4v) is 4.24. The Balaban J connectivity index is 1.67. The Morgan fingerprint density at radius 2 is 2.09 bits per heavy atom. The van der Waals surface area contributed by atoms with Crippen molar-refractivity contribution in [2.45, 2.75) is 19.0 Å². The van der Waals surface area contributed by atoms with Gasteiger partial charge in [0.25, 0.3) is 0 Å². The minimum atomic E-state index is -2.93. The summed E-state index contributed by atoms with van der Waals surface area (Å²) >= 11 is 0. The van der Waals surface area contributed by atoms with Gasteiger partial charge in [0, 0.05) is 19.6 Å². The largest absolute Gasteiger partial charge is 0.354 e. The van der Waals surface area contributed by atoms with E-state index in [1.165, 1.54) is 5.56 Å². The van der Waals surface area contributed by atoms with Crippen molar-refractivity contribution in [3.8, 4) is 0 Å². The first-order chi connectivity index (χ1) is 11.0. The second-order valence-corrected chi connectivity index (χ2v) is 7.95. The van der Waals surface area contributed by atoms with Crippen molar-refractivity contribution in [1.82, 2.24) is 15.2 Å². The van der Waals surface area contributed by atoms with Gasteiger partial charge in [0.15, 0.2) is 15.7 Å². The number of nitrogens with zero attached hydrogens (tertiary/aromatic N) is 4. The number of benzene rings is 1. The van der Waals surface area contributed by atoms with Crippen LogP contribution < -0.4 is 10.2 Å². The SMILES string of the molecule is CN(Cc1ccccc1)c1cnnc(NC2CCS(=O)(=O)C2)n1. The Bertz CT molecular complexity index is 766. The van der Waals surface area contributed by atoms with E-state index in [0.29, 0.717) is 24.7 Å². The van der Waals surface area contributed by atoms with Gasteiger partial charge >= 0.3 is 0 Å². The summed E-state index contributed by atoms with van der Waals surface area (Å²) in [6.45, 7) is 0.705. The molecule has 1 aliphatic rings. The maximum absolute atomic E-state index is 11.5. The lowest BCUT2D eigenvalue weighted by atomic mass is 10.2. The van der Waals surface area contributed by atoms with Crippen molar-refractivity contribution in [2.75, 3.05) is 28.8 Å². The summed E-state index contributed by atoms with van der Waals surface area (Å²) in [5.74, 6) is 1.39. The zero-order valence-electron chi connectivity index (χ0n) is 12.9. The van der Waals surface area contributed by atoms with E-state index in [0.717, 1.165) is 0 Å². The number of aromatic nitrogens is 3. The van der Waals surface area contributed by atoms with Crippen LogP contribution in [0.25, 0.3) is 0 Å². The maximum Gasteiger partial charge on any atom is 0.244 e. The van der Waals surface area contributed by atoms with E-state index in [2.05, 4.69) is 20.5 Å². The third-order valence-corrected chi connectivity index (χ3v) is 5.53. The Hall–Kier alpha value is -2.22. The highest BCUT2D eigenvalue weighted by Gasteiger charge is 2.28. The van der Waals surface area contributed by atoms with Gasteiger partial charge in [-0.3, -0.25) is 0 Å². The predicted molar refractivity (Wildman–Crippen MR) is 89.1 cm³/mol. The molecule has 0 bridgehead atoms. The summed E-state index contributed by atoms with van der Waals surface area (Å²) in [5.41, 5.74) is 1.17. The summed E-state index contributed by atoms with van der Waals surface area (Å²) in [4.78, 5) is 6.40. The number of hydrogen-bond donors (Lipinski definition) is 1. The first-order valence-corrected chi connectivity index (χ1v) is 9.26. The third-order valence-electron chi connectivity index (χ3n) is 3.77. The predicted octanol–water partition coefficient (Wildman–Crippen LogP) is 1.11. The van der Waals surface area contributed by atoms with E-state index in [-0.39, 0.29) is 17.5 Å². The first kappa shape index (κ1) is 15.7. The summed E-state index contributed by atoms with van der Waals surface area (Å²) in [6.07, 6.45) is 2.18. The highest BCUT2D eigenvalue weighted by atomic mass is 32.2. The van der Waals surface area contributed by atoms with Gasteiger partial charge in [0.2, 0.25) is 5.95 Å². The van der Waals surface area contributed by atoms with Gasteiger partial charge < -0.3 is 10.2 Å². The normalized spacial score (nSPS) is 19.4. The Morgan fingerprint density at radius 3 is 2.78 bits per heavy atom. The number of nitrogens with one attached hydrogen (secondary N) is 1. The molecule has 1 saturated heterocycles. The van der Waals surface area contributed by atoms with Crippen molar-refractivity contribution in [1.29, 1.82) is 0 Å². The standard InChI is InChI=1S/C15H19N5O2S/c1-20(10-12-5-3-2-4-6-12)14-9-16-19-15(18-14)17-13-7-8-23(21,22)11-13/h2-6,9,13H,7-8,10-11H2,1H3,(H,17,18,19).